The highest BCUT2D eigenvalue weighted by molar-refractivity contribution is 14.0. The summed E-state index contributed by atoms with van der Waals surface area (Å²) < 4.78 is 25.0. The molecule has 1 aromatic carbocycles. The van der Waals surface area contributed by atoms with Gasteiger partial charge < -0.3 is 19.7 Å². The van der Waals surface area contributed by atoms with Gasteiger partial charge in [-0.05, 0) is 44.2 Å². The molecule has 1 N–H and O–H groups in total. The van der Waals surface area contributed by atoms with Crippen molar-refractivity contribution in [1.82, 2.24) is 10.2 Å². The standard InChI is InChI=1S/C21H32FN3O2.HI/c1-3-23-21(24-20-15-18(20)17-7-4-5-8-19(17)22)25-11-9-16(10-12-25)27-14-6-13-26-2;/h4-5,7-8,16,18,20H,3,6,9-15H2,1-2H3,(H,23,24);1H. The van der Waals surface area contributed by atoms with Crippen LogP contribution in [0.5, 0.6) is 0 Å². The maximum absolute atomic E-state index is 14.0. The summed E-state index contributed by atoms with van der Waals surface area (Å²) in [5, 5.41) is 3.56. The number of rotatable bonds is 8. The molecule has 3 rings (SSSR count). The number of guanidine groups is 1. The van der Waals surface area contributed by atoms with E-state index in [0.29, 0.717) is 6.10 Å². The molecule has 0 bridgehead atoms. The normalized spacial score (nSPS) is 22.7. The maximum Gasteiger partial charge on any atom is 0.194 e. The first-order chi connectivity index (χ1) is 13.2. The number of likely N-dealkylation sites (tertiary alicyclic amines) is 1. The Morgan fingerprint density at radius 3 is 2.68 bits per heavy atom. The van der Waals surface area contributed by atoms with Gasteiger partial charge in [0.25, 0.3) is 0 Å². The van der Waals surface area contributed by atoms with Crippen LogP contribution in [0.4, 0.5) is 4.39 Å². The third-order valence-corrected chi connectivity index (χ3v) is 5.31. The van der Waals surface area contributed by atoms with Crippen molar-refractivity contribution in [3.05, 3.63) is 35.6 Å². The molecule has 1 aromatic rings. The molecule has 2 aliphatic rings. The van der Waals surface area contributed by atoms with Crippen molar-refractivity contribution in [2.24, 2.45) is 4.99 Å². The minimum Gasteiger partial charge on any atom is -0.385 e. The van der Waals surface area contributed by atoms with Crippen LogP contribution >= 0.6 is 24.0 Å². The number of methoxy groups -OCH3 is 1. The van der Waals surface area contributed by atoms with E-state index in [1.54, 1.807) is 19.2 Å². The second-order valence-electron chi connectivity index (χ2n) is 7.32. The molecule has 2 fully saturated rings. The number of piperidine rings is 1. The lowest BCUT2D eigenvalue weighted by Crippen LogP contribution is -2.48. The fourth-order valence-corrected chi connectivity index (χ4v) is 3.71. The SMILES string of the molecule is CCN=C(NC1CC1c1ccccc1F)N1CCC(OCCCOC)CC1.I. The first kappa shape index (κ1) is 23.3. The molecule has 28 heavy (non-hydrogen) atoms. The van der Waals surface area contributed by atoms with Gasteiger partial charge in [0.2, 0.25) is 0 Å². The average Bonchev–Trinajstić information content (AvgIpc) is 3.45. The van der Waals surface area contributed by atoms with Gasteiger partial charge in [-0.3, -0.25) is 4.99 Å². The summed E-state index contributed by atoms with van der Waals surface area (Å²) in [5.74, 6) is 1.10. The molecular formula is C21H33FIN3O2. The Morgan fingerprint density at radius 2 is 2.00 bits per heavy atom. The molecule has 0 amide bonds. The van der Waals surface area contributed by atoms with Crippen molar-refractivity contribution in [2.45, 2.75) is 50.7 Å². The van der Waals surface area contributed by atoms with Gasteiger partial charge in [0.05, 0.1) is 6.10 Å². The topological polar surface area (TPSA) is 46.1 Å². The number of hydrogen-bond acceptors (Lipinski definition) is 3. The van der Waals surface area contributed by atoms with E-state index in [1.807, 2.05) is 12.1 Å². The fourth-order valence-electron chi connectivity index (χ4n) is 3.71. The van der Waals surface area contributed by atoms with Gasteiger partial charge in [0.15, 0.2) is 5.96 Å². The van der Waals surface area contributed by atoms with Crippen LogP contribution in [0.15, 0.2) is 29.3 Å². The van der Waals surface area contributed by atoms with Crippen molar-refractivity contribution < 1.29 is 13.9 Å². The van der Waals surface area contributed by atoms with Gasteiger partial charge in [-0.15, -0.1) is 24.0 Å². The van der Waals surface area contributed by atoms with Gasteiger partial charge in [-0.2, -0.15) is 0 Å². The number of nitrogens with zero attached hydrogens (tertiary/aromatic N) is 2. The zero-order valence-corrected chi connectivity index (χ0v) is 19.2. The van der Waals surface area contributed by atoms with Crippen LogP contribution in [-0.4, -0.2) is 63.0 Å². The number of aliphatic imine (C=N–C) groups is 1. The maximum atomic E-state index is 14.0. The van der Waals surface area contributed by atoms with E-state index in [2.05, 4.69) is 22.1 Å². The van der Waals surface area contributed by atoms with Crippen LogP contribution in [0.1, 0.15) is 44.1 Å². The number of benzene rings is 1. The molecule has 1 saturated carbocycles. The molecule has 0 radical (unpaired) electrons. The van der Waals surface area contributed by atoms with E-state index in [9.17, 15) is 4.39 Å². The summed E-state index contributed by atoms with van der Waals surface area (Å²) in [6.07, 6.45) is 4.26. The van der Waals surface area contributed by atoms with Crippen LogP contribution in [-0.2, 0) is 9.47 Å². The summed E-state index contributed by atoms with van der Waals surface area (Å²) in [5.41, 5.74) is 0.814. The first-order valence-electron chi connectivity index (χ1n) is 10.1. The molecule has 1 heterocycles. The molecule has 158 valence electrons. The molecule has 2 atom stereocenters. The molecular weight excluding hydrogens is 472 g/mol. The Labute approximate surface area is 185 Å². The second-order valence-corrected chi connectivity index (χ2v) is 7.32. The van der Waals surface area contributed by atoms with E-state index >= 15 is 0 Å². The van der Waals surface area contributed by atoms with Crippen LogP contribution in [0.25, 0.3) is 0 Å². The molecule has 1 aliphatic carbocycles. The van der Waals surface area contributed by atoms with Gasteiger partial charge >= 0.3 is 0 Å². The van der Waals surface area contributed by atoms with Crippen LogP contribution < -0.4 is 5.32 Å². The summed E-state index contributed by atoms with van der Waals surface area (Å²) in [6, 6.07) is 7.37. The van der Waals surface area contributed by atoms with Crippen LogP contribution in [0.2, 0.25) is 0 Å². The number of hydrogen-bond donors (Lipinski definition) is 1. The summed E-state index contributed by atoms with van der Waals surface area (Å²) in [7, 11) is 1.72. The number of ether oxygens (including phenoxy) is 2. The van der Waals surface area contributed by atoms with E-state index in [0.717, 1.165) is 70.1 Å². The summed E-state index contributed by atoms with van der Waals surface area (Å²) in [4.78, 5) is 6.99. The quantitative estimate of drug-likeness (QED) is 0.253. The summed E-state index contributed by atoms with van der Waals surface area (Å²) >= 11 is 0. The highest BCUT2D eigenvalue weighted by atomic mass is 127. The largest absolute Gasteiger partial charge is 0.385 e. The molecule has 2 unspecified atom stereocenters. The Kier molecular flexibility index (Phi) is 9.94. The summed E-state index contributed by atoms with van der Waals surface area (Å²) in [6.45, 7) is 6.19. The molecule has 0 spiro atoms. The first-order valence-corrected chi connectivity index (χ1v) is 10.1. The lowest BCUT2D eigenvalue weighted by atomic mass is 10.1. The predicted molar refractivity (Wildman–Crippen MR) is 121 cm³/mol. The van der Waals surface area contributed by atoms with Crippen LogP contribution in [0, 0.1) is 5.82 Å². The predicted octanol–water partition coefficient (Wildman–Crippen LogP) is 3.78. The van der Waals surface area contributed by atoms with Crippen molar-refractivity contribution in [2.75, 3.05) is 40.0 Å². The molecule has 0 aromatic heterocycles. The Balaban J connectivity index is 0.00000280. The molecule has 5 nitrogen and oxygen atoms in total. The monoisotopic (exact) mass is 505 g/mol. The van der Waals surface area contributed by atoms with Gasteiger partial charge in [-0.1, -0.05) is 18.2 Å². The van der Waals surface area contributed by atoms with E-state index in [-0.39, 0.29) is 41.8 Å². The Bertz CT molecular complexity index is 623. The van der Waals surface area contributed by atoms with Gasteiger partial charge in [0, 0.05) is 51.9 Å². The van der Waals surface area contributed by atoms with Crippen molar-refractivity contribution in [1.29, 1.82) is 0 Å². The molecule has 1 aliphatic heterocycles. The highest BCUT2D eigenvalue weighted by Crippen LogP contribution is 2.42. The average molecular weight is 505 g/mol. The van der Waals surface area contributed by atoms with Crippen molar-refractivity contribution >= 4 is 29.9 Å². The lowest BCUT2D eigenvalue weighted by Gasteiger charge is -2.34. The van der Waals surface area contributed by atoms with E-state index in [4.69, 9.17) is 9.47 Å². The zero-order valence-electron chi connectivity index (χ0n) is 16.9. The number of nitrogens with one attached hydrogen (secondary N) is 1. The van der Waals surface area contributed by atoms with Gasteiger partial charge in [-0.25, -0.2) is 4.39 Å². The number of halogens is 2. The van der Waals surface area contributed by atoms with E-state index < -0.39 is 0 Å². The van der Waals surface area contributed by atoms with Crippen LogP contribution in [0.3, 0.4) is 0 Å². The molecule has 1 saturated heterocycles. The van der Waals surface area contributed by atoms with Crippen molar-refractivity contribution in [3.63, 3.8) is 0 Å². The second kappa shape index (κ2) is 11.9. The van der Waals surface area contributed by atoms with Gasteiger partial charge in [0.1, 0.15) is 5.82 Å². The third-order valence-electron chi connectivity index (χ3n) is 5.31. The lowest BCUT2D eigenvalue weighted by molar-refractivity contribution is 0.00988. The minimum absolute atomic E-state index is 0. The fraction of sp³-hybridized carbons (Fsp3) is 0.667. The highest BCUT2D eigenvalue weighted by Gasteiger charge is 2.41. The van der Waals surface area contributed by atoms with E-state index in [1.165, 1.54) is 0 Å². The zero-order chi connectivity index (χ0) is 19.1. The third kappa shape index (κ3) is 6.56. The minimum atomic E-state index is -0.104. The Morgan fingerprint density at radius 1 is 1.25 bits per heavy atom. The molecule has 7 heteroatoms. The smallest absolute Gasteiger partial charge is 0.194 e. The van der Waals surface area contributed by atoms with Crippen molar-refractivity contribution in [3.8, 4) is 0 Å². The Hall–Kier alpha value is -0.930.